The minimum atomic E-state index is -3.84. The molecule has 126 valence electrons. The lowest BCUT2D eigenvalue weighted by Crippen LogP contribution is -2.58. The van der Waals surface area contributed by atoms with E-state index in [0.29, 0.717) is 11.6 Å². The first-order valence-corrected chi connectivity index (χ1v) is 9.21. The van der Waals surface area contributed by atoms with Gasteiger partial charge in [0.05, 0.1) is 31.3 Å². The monoisotopic (exact) mass is 359 g/mol. The van der Waals surface area contributed by atoms with Gasteiger partial charge < -0.3 is 9.47 Å². The van der Waals surface area contributed by atoms with E-state index in [2.05, 4.69) is 0 Å². The Hall–Kier alpha value is -1.15. The normalized spacial score (nSPS) is 26.0. The zero-order valence-corrected chi connectivity index (χ0v) is 14.2. The molecule has 0 bridgehead atoms. The minimum Gasteiger partial charge on any atom is -0.468 e. The summed E-state index contributed by atoms with van der Waals surface area (Å²) in [6, 6.07) is 4.65. The lowest BCUT2D eigenvalue weighted by molar-refractivity contribution is -0.152. The first-order valence-electron chi connectivity index (χ1n) is 7.40. The summed E-state index contributed by atoms with van der Waals surface area (Å²) in [6.07, 6.45) is 1.88. The van der Waals surface area contributed by atoms with Gasteiger partial charge in [-0.2, -0.15) is 4.31 Å². The fraction of sp³-hybridized carbons (Fsp3) is 0.533. The second-order valence-electron chi connectivity index (χ2n) is 5.77. The Bertz CT molecular complexity index is 686. The van der Waals surface area contributed by atoms with Crippen molar-refractivity contribution in [3.63, 3.8) is 0 Å². The van der Waals surface area contributed by atoms with Gasteiger partial charge in [0.2, 0.25) is 10.0 Å². The molecule has 23 heavy (non-hydrogen) atoms. The fourth-order valence-electron chi connectivity index (χ4n) is 2.89. The van der Waals surface area contributed by atoms with Gasteiger partial charge in [-0.15, -0.1) is 0 Å². The molecule has 3 rings (SSSR count). The molecule has 1 aromatic rings. The van der Waals surface area contributed by atoms with Gasteiger partial charge in [0.25, 0.3) is 0 Å². The molecule has 0 radical (unpaired) electrons. The highest BCUT2D eigenvalue weighted by Gasteiger charge is 2.49. The van der Waals surface area contributed by atoms with Gasteiger partial charge in [0, 0.05) is 5.02 Å². The van der Waals surface area contributed by atoms with Crippen LogP contribution in [0, 0.1) is 5.92 Å². The third kappa shape index (κ3) is 3.24. The molecule has 1 aromatic carbocycles. The summed E-state index contributed by atoms with van der Waals surface area (Å²) in [5.74, 6) is -0.377. The Kier molecular flexibility index (Phi) is 4.64. The SMILES string of the molecule is COC(=O)[C@H]1COC[C@@H](C2CC2)N1S(=O)(=O)c1ccc(Cl)cc1. The molecule has 0 spiro atoms. The van der Waals surface area contributed by atoms with Gasteiger partial charge in [-0.05, 0) is 43.0 Å². The number of ether oxygens (including phenoxy) is 2. The average molecular weight is 360 g/mol. The lowest BCUT2D eigenvalue weighted by atomic mass is 10.1. The van der Waals surface area contributed by atoms with Gasteiger partial charge in [-0.1, -0.05) is 11.6 Å². The smallest absolute Gasteiger partial charge is 0.326 e. The van der Waals surface area contributed by atoms with Crippen molar-refractivity contribution in [3.05, 3.63) is 29.3 Å². The number of hydrogen-bond acceptors (Lipinski definition) is 5. The average Bonchev–Trinajstić information content (AvgIpc) is 3.38. The van der Waals surface area contributed by atoms with Crippen LogP contribution in [0.15, 0.2) is 29.2 Å². The Balaban J connectivity index is 2.01. The fourth-order valence-corrected chi connectivity index (χ4v) is 4.81. The topological polar surface area (TPSA) is 72.9 Å². The summed E-state index contributed by atoms with van der Waals surface area (Å²) < 4.78 is 37.7. The second-order valence-corrected chi connectivity index (χ2v) is 8.05. The summed E-state index contributed by atoms with van der Waals surface area (Å²) in [5, 5.41) is 0.453. The van der Waals surface area contributed by atoms with Gasteiger partial charge in [-0.3, -0.25) is 4.79 Å². The van der Waals surface area contributed by atoms with Crippen LogP contribution in [0.4, 0.5) is 0 Å². The predicted octanol–water partition coefficient (Wildman–Crippen LogP) is 1.68. The molecule has 1 aliphatic carbocycles. The van der Waals surface area contributed by atoms with Crippen LogP contribution in [0.3, 0.4) is 0 Å². The maximum atomic E-state index is 13.1. The molecule has 1 saturated heterocycles. The highest BCUT2D eigenvalue weighted by atomic mass is 35.5. The van der Waals surface area contributed by atoms with Gasteiger partial charge in [0.1, 0.15) is 6.04 Å². The van der Waals surface area contributed by atoms with Crippen LogP contribution in [0.25, 0.3) is 0 Å². The first-order chi connectivity index (χ1) is 10.9. The largest absolute Gasteiger partial charge is 0.468 e. The molecule has 1 heterocycles. The van der Waals surface area contributed by atoms with Crippen molar-refractivity contribution in [2.75, 3.05) is 20.3 Å². The number of esters is 1. The van der Waals surface area contributed by atoms with Crippen molar-refractivity contribution in [3.8, 4) is 0 Å². The van der Waals surface area contributed by atoms with E-state index in [1.807, 2.05) is 0 Å². The van der Waals surface area contributed by atoms with E-state index < -0.39 is 22.0 Å². The molecule has 1 aliphatic heterocycles. The van der Waals surface area contributed by atoms with E-state index in [9.17, 15) is 13.2 Å². The van der Waals surface area contributed by atoms with Crippen molar-refractivity contribution < 1.29 is 22.7 Å². The maximum absolute atomic E-state index is 13.1. The van der Waals surface area contributed by atoms with Crippen LogP contribution >= 0.6 is 11.6 Å². The summed E-state index contributed by atoms with van der Waals surface area (Å²) in [6.45, 7) is 0.299. The number of carbonyl (C=O) groups is 1. The van der Waals surface area contributed by atoms with E-state index in [-0.39, 0.29) is 23.5 Å². The number of halogens is 1. The zero-order chi connectivity index (χ0) is 16.6. The Morgan fingerprint density at radius 1 is 1.26 bits per heavy atom. The van der Waals surface area contributed by atoms with Crippen LogP contribution in [-0.4, -0.2) is 51.1 Å². The third-order valence-electron chi connectivity index (χ3n) is 4.23. The summed E-state index contributed by atoms with van der Waals surface area (Å²) in [7, 11) is -2.60. The summed E-state index contributed by atoms with van der Waals surface area (Å²) >= 11 is 5.84. The molecule has 0 unspecified atom stereocenters. The van der Waals surface area contributed by atoms with Crippen molar-refractivity contribution in [1.82, 2.24) is 4.31 Å². The highest BCUT2D eigenvalue weighted by Crippen LogP contribution is 2.40. The molecular weight excluding hydrogens is 342 g/mol. The van der Waals surface area contributed by atoms with Crippen LogP contribution in [0.5, 0.6) is 0 Å². The molecule has 2 fully saturated rings. The standard InChI is InChI=1S/C15H18ClNO5S/c1-21-15(18)14-9-22-8-13(10-2-3-10)17(14)23(19,20)12-6-4-11(16)5-7-12/h4-7,10,13-14H,2-3,8-9H2,1H3/t13-,14+/m0/s1. The minimum absolute atomic E-state index is 0.00269. The number of carbonyl (C=O) groups excluding carboxylic acids is 1. The molecule has 8 heteroatoms. The number of sulfonamides is 1. The highest BCUT2D eigenvalue weighted by molar-refractivity contribution is 7.89. The van der Waals surface area contributed by atoms with E-state index in [1.165, 1.54) is 35.7 Å². The van der Waals surface area contributed by atoms with Crippen molar-refractivity contribution in [2.45, 2.75) is 29.8 Å². The van der Waals surface area contributed by atoms with E-state index in [1.54, 1.807) is 0 Å². The van der Waals surface area contributed by atoms with Gasteiger partial charge in [-0.25, -0.2) is 8.42 Å². The number of methoxy groups -OCH3 is 1. The van der Waals surface area contributed by atoms with Crippen molar-refractivity contribution in [1.29, 1.82) is 0 Å². The number of hydrogen-bond donors (Lipinski definition) is 0. The third-order valence-corrected chi connectivity index (χ3v) is 6.43. The Morgan fingerprint density at radius 2 is 1.91 bits per heavy atom. The molecule has 0 aromatic heterocycles. The number of morpholine rings is 1. The quantitative estimate of drug-likeness (QED) is 0.765. The van der Waals surface area contributed by atoms with Crippen LogP contribution in [0.2, 0.25) is 5.02 Å². The molecule has 2 atom stereocenters. The maximum Gasteiger partial charge on any atom is 0.326 e. The van der Waals surface area contributed by atoms with Gasteiger partial charge in [0.15, 0.2) is 0 Å². The van der Waals surface area contributed by atoms with Gasteiger partial charge >= 0.3 is 5.97 Å². The van der Waals surface area contributed by atoms with E-state index in [0.717, 1.165) is 12.8 Å². The summed E-state index contributed by atoms with van der Waals surface area (Å²) in [5.41, 5.74) is 0. The second kappa shape index (κ2) is 6.39. The number of benzene rings is 1. The Labute approximate surface area is 140 Å². The number of nitrogens with zero attached hydrogens (tertiary/aromatic N) is 1. The van der Waals surface area contributed by atoms with Crippen LogP contribution in [0.1, 0.15) is 12.8 Å². The molecule has 6 nitrogen and oxygen atoms in total. The van der Waals surface area contributed by atoms with Crippen LogP contribution < -0.4 is 0 Å². The predicted molar refractivity (Wildman–Crippen MR) is 83.6 cm³/mol. The molecule has 1 saturated carbocycles. The number of rotatable bonds is 4. The first kappa shape index (κ1) is 16.7. The molecular formula is C15H18ClNO5S. The summed E-state index contributed by atoms with van der Waals surface area (Å²) in [4.78, 5) is 12.2. The van der Waals surface area contributed by atoms with Crippen molar-refractivity contribution in [2.24, 2.45) is 5.92 Å². The zero-order valence-electron chi connectivity index (χ0n) is 12.6. The van der Waals surface area contributed by atoms with E-state index in [4.69, 9.17) is 21.1 Å². The van der Waals surface area contributed by atoms with E-state index >= 15 is 0 Å². The Morgan fingerprint density at radius 3 is 2.48 bits per heavy atom. The molecule has 2 aliphatic rings. The lowest BCUT2D eigenvalue weighted by Gasteiger charge is -2.39. The molecule has 0 amide bonds. The van der Waals surface area contributed by atoms with Crippen molar-refractivity contribution >= 4 is 27.6 Å². The van der Waals surface area contributed by atoms with Crippen LogP contribution in [-0.2, 0) is 24.3 Å². The molecule has 0 N–H and O–H groups in total.